The number of carbonyl (C=O) groups excluding carboxylic acids is 1. The Morgan fingerprint density at radius 1 is 1.36 bits per heavy atom. The van der Waals surface area contributed by atoms with E-state index in [0.717, 1.165) is 16.3 Å². The lowest BCUT2D eigenvalue weighted by molar-refractivity contribution is 0.249. The molecule has 2 rings (SSSR count). The molecule has 118 valence electrons. The SMILES string of the molecule is Cc1cc(CC(C)NC(=O)Nc2ccc(S(C)=O)cc2)n[nH]1. The van der Waals surface area contributed by atoms with E-state index in [0.29, 0.717) is 12.1 Å². The number of H-pyrrole nitrogens is 1. The molecule has 0 saturated carbocycles. The zero-order valence-electron chi connectivity index (χ0n) is 12.8. The Hall–Kier alpha value is -2.15. The lowest BCUT2D eigenvalue weighted by Gasteiger charge is -2.13. The molecule has 0 spiro atoms. The van der Waals surface area contributed by atoms with Crippen molar-refractivity contribution in [2.24, 2.45) is 0 Å². The minimum absolute atomic E-state index is 0.0369. The van der Waals surface area contributed by atoms with Crippen LogP contribution in [0.1, 0.15) is 18.3 Å². The largest absolute Gasteiger partial charge is 0.335 e. The van der Waals surface area contributed by atoms with Crippen LogP contribution in [0.5, 0.6) is 0 Å². The first-order valence-corrected chi connectivity index (χ1v) is 8.51. The summed E-state index contributed by atoms with van der Waals surface area (Å²) in [5.74, 6) is 0. The van der Waals surface area contributed by atoms with Crippen molar-refractivity contribution in [2.45, 2.75) is 31.2 Å². The van der Waals surface area contributed by atoms with E-state index in [1.54, 1.807) is 30.5 Å². The number of aromatic amines is 1. The van der Waals surface area contributed by atoms with Crippen LogP contribution in [0, 0.1) is 6.92 Å². The van der Waals surface area contributed by atoms with Crippen LogP contribution in [-0.2, 0) is 17.2 Å². The first-order valence-electron chi connectivity index (χ1n) is 6.96. The van der Waals surface area contributed by atoms with Crippen molar-refractivity contribution in [2.75, 3.05) is 11.6 Å². The number of aryl methyl sites for hydroxylation is 1. The van der Waals surface area contributed by atoms with Crippen LogP contribution < -0.4 is 10.6 Å². The van der Waals surface area contributed by atoms with Crippen LogP contribution in [0.3, 0.4) is 0 Å². The molecular formula is C15H20N4O2S. The molecule has 0 saturated heterocycles. The van der Waals surface area contributed by atoms with Gasteiger partial charge in [-0.2, -0.15) is 5.10 Å². The number of nitrogens with zero attached hydrogens (tertiary/aromatic N) is 1. The predicted molar refractivity (Wildman–Crippen MR) is 87.4 cm³/mol. The number of carbonyl (C=O) groups is 1. The van der Waals surface area contributed by atoms with Crippen molar-refractivity contribution in [3.05, 3.63) is 41.7 Å². The van der Waals surface area contributed by atoms with Gasteiger partial charge in [-0.1, -0.05) is 0 Å². The Morgan fingerprint density at radius 3 is 2.59 bits per heavy atom. The normalized spacial score (nSPS) is 13.4. The Balaban J connectivity index is 1.85. The van der Waals surface area contributed by atoms with Crippen LogP contribution in [-0.4, -0.2) is 32.7 Å². The first-order chi connectivity index (χ1) is 10.4. The molecule has 0 aliphatic heterocycles. The van der Waals surface area contributed by atoms with Crippen molar-refractivity contribution in [1.29, 1.82) is 0 Å². The Bertz CT molecular complexity index is 666. The summed E-state index contributed by atoms with van der Waals surface area (Å²) < 4.78 is 11.3. The van der Waals surface area contributed by atoms with Crippen LogP contribution in [0.25, 0.3) is 0 Å². The fourth-order valence-corrected chi connectivity index (χ4v) is 2.58. The number of amides is 2. The van der Waals surface area contributed by atoms with Crippen molar-refractivity contribution in [3.8, 4) is 0 Å². The summed E-state index contributed by atoms with van der Waals surface area (Å²) in [5.41, 5.74) is 2.58. The van der Waals surface area contributed by atoms with Gasteiger partial charge in [-0.15, -0.1) is 0 Å². The third-order valence-electron chi connectivity index (χ3n) is 3.10. The quantitative estimate of drug-likeness (QED) is 0.789. The summed E-state index contributed by atoms with van der Waals surface area (Å²) in [5, 5.41) is 12.6. The van der Waals surface area contributed by atoms with Gasteiger partial charge in [0.1, 0.15) is 0 Å². The van der Waals surface area contributed by atoms with Crippen molar-refractivity contribution in [1.82, 2.24) is 15.5 Å². The van der Waals surface area contributed by atoms with E-state index in [4.69, 9.17) is 0 Å². The Kier molecular flexibility index (Phi) is 5.32. The maximum absolute atomic E-state index is 11.9. The highest BCUT2D eigenvalue weighted by atomic mass is 32.2. The molecule has 1 heterocycles. The average molecular weight is 320 g/mol. The van der Waals surface area contributed by atoms with Crippen LogP contribution in [0.4, 0.5) is 10.5 Å². The Labute approximate surface area is 132 Å². The molecule has 7 heteroatoms. The zero-order valence-corrected chi connectivity index (χ0v) is 13.7. The van der Waals surface area contributed by atoms with Gasteiger partial charge in [0.15, 0.2) is 0 Å². The maximum atomic E-state index is 11.9. The predicted octanol–water partition coefficient (Wildman–Crippen LogP) is 2.21. The fraction of sp³-hybridized carbons (Fsp3) is 0.333. The second-order valence-corrected chi connectivity index (χ2v) is 6.60. The molecule has 2 unspecified atom stereocenters. The molecule has 2 aromatic rings. The van der Waals surface area contributed by atoms with E-state index >= 15 is 0 Å². The summed E-state index contributed by atoms with van der Waals surface area (Å²) in [6, 6.07) is 8.59. The molecule has 3 N–H and O–H groups in total. The number of aromatic nitrogens is 2. The van der Waals surface area contributed by atoms with Crippen LogP contribution in [0.15, 0.2) is 35.2 Å². The highest BCUT2D eigenvalue weighted by molar-refractivity contribution is 7.84. The second kappa shape index (κ2) is 7.22. The molecule has 0 aliphatic carbocycles. The Morgan fingerprint density at radius 2 is 2.05 bits per heavy atom. The summed E-state index contributed by atoms with van der Waals surface area (Å²) in [6.07, 6.45) is 2.28. The monoisotopic (exact) mass is 320 g/mol. The molecule has 0 bridgehead atoms. The highest BCUT2D eigenvalue weighted by Gasteiger charge is 2.10. The number of urea groups is 1. The maximum Gasteiger partial charge on any atom is 0.319 e. The van der Waals surface area contributed by atoms with Gasteiger partial charge in [-0.3, -0.25) is 9.31 Å². The van der Waals surface area contributed by atoms with Gasteiger partial charge in [-0.25, -0.2) is 4.79 Å². The van der Waals surface area contributed by atoms with Gasteiger partial charge in [0.25, 0.3) is 0 Å². The molecule has 0 radical (unpaired) electrons. The topological polar surface area (TPSA) is 86.9 Å². The molecule has 22 heavy (non-hydrogen) atoms. The van der Waals surface area contributed by atoms with Gasteiger partial charge >= 0.3 is 6.03 Å². The second-order valence-electron chi connectivity index (χ2n) is 5.22. The number of anilines is 1. The molecular weight excluding hydrogens is 300 g/mol. The molecule has 0 aliphatic rings. The van der Waals surface area contributed by atoms with Crippen molar-refractivity contribution in [3.63, 3.8) is 0 Å². The highest BCUT2D eigenvalue weighted by Crippen LogP contribution is 2.11. The van der Waals surface area contributed by atoms with Gasteiger partial charge < -0.3 is 10.6 Å². The van der Waals surface area contributed by atoms with E-state index in [1.807, 2.05) is 19.9 Å². The minimum Gasteiger partial charge on any atom is -0.335 e. The van der Waals surface area contributed by atoms with E-state index in [2.05, 4.69) is 20.8 Å². The van der Waals surface area contributed by atoms with Gasteiger partial charge in [-0.05, 0) is 44.2 Å². The lowest BCUT2D eigenvalue weighted by Crippen LogP contribution is -2.37. The van der Waals surface area contributed by atoms with E-state index in [1.165, 1.54) is 0 Å². The summed E-state index contributed by atoms with van der Waals surface area (Å²) >= 11 is 0. The van der Waals surface area contributed by atoms with Crippen molar-refractivity contribution < 1.29 is 9.00 Å². The standard InChI is InChI=1S/C15H20N4O2S/c1-10(8-13-9-11(2)18-19-13)16-15(20)17-12-4-6-14(7-5-12)22(3)21/h4-7,9-10H,8H2,1-3H3,(H,18,19)(H2,16,17,20). The zero-order chi connectivity index (χ0) is 16.1. The molecule has 6 nitrogen and oxygen atoms in total. The third kappa shape index (κ3) is 4.70. The van der Waals surface area contributed by atoms with Gasteiger partial charge in [0.2, 0.25) is 0 Å². The van der Waals surface area contributed by atoms with Crippen LogP contribution >= 0.6 is 0 Å². The number of benzene rings is 1. The summed E-state index contributed by atoms with van der Waals surface area (Å²) in [7, 11) is -1.02. The fourth-order valence-electron chi connectivity index (χ4n) is 2.06. The van der Waals surface area contributed by atoms with E-state index in [-0.39, 0.29) is 12.1 Å². The minimum atomic E-state index is -1.02. The summed E-state index contributed by atoms with van der Waals surface area (Å²) in [6.45, 7) is 3.86. The van der Waals surface area contributed by atoms with Crippen LogP contribution in [0.2, 0.25) is 0 Å². The number of nitrogens with one attached hydrogen (secondary N) is 3. The van der Waals surface area contributed by atoms with E-state index < -0.39 is 10.8 Å². The molecule has 2 atom stereocenters. The summed E-state index contributed by atoms with van der Waals surface area (Å²) in [4.78, 5) is 12.7. The van der Waals surface area contributed by atoms with Crippen molar-refractivity contribution >= 4 is 22.5 Å². The van der Waals surface area contributed by atoms with Gasteiger partial charge in [0.05, 0.1) is 5.69 Å². The lowest BCUT2D eigenvalue weighted by atomic mass is 10.2. The van der Waals surface area contributed by atoms with E-state index in [9.17, 15) is 9.00 Å². The molecule has 1 aromatic heterocycles. The first kappa shape index (κ1) is 16.2. The van der Waals surface area contributed by atoms with Gasteiger partial charge in [0, 0.05) is 45.8 Å². The smallest absolute Gasteiger partial charge is 0.319 e. The molecule has 2 amide bonds. The molecule has 1 aromatic carbocycles. The number of rotatable bonds is 5. The number of hydrogen-bond donors (Lipinski definition) is 3. The third-order valence-corrected chi connectivity index (χ3v) is 4.03. The molecule has 0 fully saturated rings. The average Bonchev–Trinajstić information content (AvgIpc) is 2.84. The number of hydrogen-bond acceptors (Lipinski definition) is 3.